The zero-order valence-corrected chi connectivity index (χ0v) is 12.1. The van der Waals surface area contributed by atoms with E-state index in [0.717, 1.165) is 0 Å². The first kappa shape index (κ1) is 27.6. The maximum absolute atomic E-state index is 13.7. The van der Waals surface area contributed by atoms with Crippen molar-refractivity contribution in [2.24, 2.45) is 5.41 Å². The van der Waals surface area contributed by atoms with E-state index in [1.54, 1.807) is 0 Å². The largest absolute Gasteiger partial charge is 0.435 e. The molecule has 0 fully saturated rings. The molecule has 0 aromatic heterocycles. The summed E-state index contributed by atoms with van der Waals surface area (Å²) in [5.74, 6) is -18.2. The highest BCUT2D eigenvalue weighted by Crippen LogP contribution is 2.73. The van der Waals surface area contributed by atoms with Crippen LogP contribution >= 0.6 is 0 Å². The van der Waals surface area contributed by atoms with Crippen molar-refractivity contribution >= 4 is 0 Å². The predicted molar refractivity (Wildman–Crippen MR) is 47.6 cm³/mol. The van der Waals surface area contributed by atoms with Crippen LogP contribution in [0.25, 0.3) is 0 Å². The summed E-state index contributed by atoms with van der Waals surface area (Å²) < 4.78 is 241. The van der Waals surface area contributed by atoms with E-state index in [-0.39, 0.29) is 0 Å². The monoisotopic (exact) mass is 486 g/mol. The standard InChI is InChI=1S/C9HF19O/c10-2(8(24,25)26,4(13,14)9(27,28)29)3(11,12)1(5(15,16)17,6(18,19)20)7(21,22)23/h29H. The lowest BCUT2D eigenvalue weighted by molar-refractivity contribution is -0.525. The zero-order chi connectivity index (χ0) is 24.5. The molecule has 0 heterocycles. The topological polar surface area (TPSA) is 20.2 Å². The minimum atomic E-state index is -9.51. The summed E-state index contributed by atoms with van der Waals surface area (Å²) in [7, 11) is 0. The SMILES string of the molecule is OC(F)(F)C(F)(F)C(F)(C(F)(F)F)C(F)(F)C(C(F)(F)F)(C(F)(F)F)C(F)(F)F. The Kier molecular flexibility index (Phi) is 6.02. The molecule has 176 valence electrons. The molecule has 0 rings (SSSR count). The van der Waals surface area contributed by atoms with Crippen molar-refractivity contribution in [1.82, 2.24) is 0 Å². The summed E-state index contributed by atoms with van der Waals surface area (Å²) in [6.07, 6.45) is -42.8. The lowest BCUT2D eigenvalue weighted by atomic mass is 9.68. The maximum Gasteiger partial charge on any atom is 0.435 e. The summed E-state index contributed by atoms with van der Waals surface area (Å²) >= 11 is 0. The van der Waals surface area contributed by atoms with E-state index in [0.29, 0.717) is 0 Å². The van der Waals surface area contributed by atoms with Crippen LogP contribution in [0.3, 0.4) is 0 Å². The molecule has 29 heavy (non-hydrogen) atoms. The van der Waals surface area contributed by atoms with E-state index in [2.05, 4.69) is 0 Å². The molecule has 0 amide bonds. The first-order chi connectivity index (χ1) is 12.0. The van der Waals surface area contributed by atoms with Gasteiger partial charge in [-0.25, -0.2) is 13.2 Å². The zero-order valence-electron chi connectivity index (χ0n) is 12.1. The Morgan fingerprint density at radius 2 is 0.586 bits per heavy atom. The summed E-state index contributed by atoms with van der Waals surface area (Å²) in [4.78, 5) is 0. The van der Waals surface area contributed by atoms with Crippen LogP contribution in [-0.2, 0) is 0 Å². The number of alkyl halides is 19. The van der Waals surface area contributed by atoms with Crippen LogP contribution in [0.5, 0.6) is 0 Å². The fraction of sp³-hybridized carbons (Fsp3) is 1.00. The summed E-state index contributed by atoms with van der Waals surface area (Å²) in [6.45, 7) is 0. The lowest BCUT2D eigenvalue weighted by Crippen LogP contribution is -2.81. The second-order valence-corrected chi connectivity index (χ2v) is 5.09. The fourth-order valence-corrected chi connectivity index (χ4v) is 2.03. The Balaban J connectivity index is 7.92. The van der Waals surface area contributed by atoms with E-state index in [9.17, 15) is 83.4 Å². The van der Waals surface area contributed by atoms with Crippen molar-refractivity contribution in [3.05, 3.63) is 0 Å². The Morgan fingerprint density at radius 3 is 0.724 bits per heavy atom. The van der Waals surface area contributed by atoms with Crippen molar-refractivity contribution in [2.75, 3.05) is 0 Å². The van der Waals surface area contributed by atoms with E-state index < -0.39 is 53.7 Å². The Bertz CT molecular complexity index is 560. The number of aliphatic hydroxyl groups is 1. The van der Waals surface area contributed by atoms with E-state index in [1.165, 1.54) is 0 Å². The molecule has 1 atom stereocenters. The first-order valence-corrected chi connectivity index (χ1v) is 5.81. The molecule has 0 radical (unpaired) electrons. The molecule has 20 heteroatoms. The van der Waals surface area contributed by atoms with Crippen LogP contribution in [0.15, 0.2) is 0 Å². The van der Waals surface area contributed by atoms with Gasteiger partial charge in [-0.15, -0.1) is 0 Å². The van der Waals surface area contributed by atoms with E-state index in [1.807, 2.05) is 0 Å². The van der Waals surface area contributed by atoms with Crippen LogP contribution in [0.2, 0.25) is 0 Å². The molecule has 0 aliphatic carbocycles. The Hall–Kier alpha value is -1.37. The van der Waals surface area contributed by atoms with Gasteiger partial charge in [0.2, 0.25) is 0 Å². The smallest absolute Gasteiger partial charge is 0.331 e. The highest BCUT2D eigenvalue weighted by atomic mass is 19.4. The normalized spacial score (nSPS) is 18.6. The van der Waals surface area contributed by atoms with Gasteiger partial charge in [0.05, 0.1) is 0 Å². The number of halogens is 19. The van der Waals surface area contributed by atoms with Gasteiger partial charge in [0.15, 0.2) is 0 Å². The number of rotatable bonds is 4. The van der Waals surface area contributed by atoms with Gasteiger partial charge in [-0.1, -0.05) is 0 Å². The van der Waals surface area contributed by atoms with Gasteiger partial charge >= 0.3 is 53.7 Å². The molecule has 0 bridgehead atoms. The molecule has 1 nitrogen and oxygen atoms in total. The third-order valence-electron chi connectivity index (χ3n) is 3.38. The van der Waals surface area contributed by atoms with Gasteiger partial charge in [0.25, 0.3) is 0 Å². The molecular weight excluding hydrogens is 485 g/mol. The Morgan fingerprint density at radius 1 is 0.345 bits per heavy atom. The third kappa shape index (κ3) is 3.24. The van der Waals surface area contributed by atoms with Crippen LogP contribution in [0.4, 0.5) is 83.4 Å². The fourth-order valence-electron chi connectivity index (χ4n) is 2.03. The average molecular weight is 486 g/mol. The van der Waals surface area contributed by atoms with E-state index >= 15 is 0 Å². The molecule has 0 aromatic carbocycles. The van der Waals surface area contributed by atoms with Crippen LogP contribution < -0.4 is 0 Å². The molecular formula is C9HF19O. The van der Waals surface area contributed by atoms with Gasteiger partial charge in [-0.3, -0.25) is 0 Å². The molecule has 0 aliphatic rings. The number of hydrogen-bond acceptors (Lipinski definition) is 1. The average Bonchev–Trinajstić information content (AvgIpc) is 2.28. The minimum absolute atomic E-state index is 7.48. The van der Waals surface area contributed by atoms with Crippen molar-refractivity contribution in [3.8, 4) is 0 Å². The van der Waals surface area contributed by atoms with Crippen molar-refractivity contribution in [3.63, 3.8) is 0 Å². The molecule has 0 spiro atoms. The van der Waals surface area contributed by atoms with Gasteiger partial charge < -0.3 is 5.11 Å². The molecule has 0 saturated carbocycles. The minimum Gasteiger partial charge on any atom is -0.331 e. The van der Waals surface area contributed by atoms with Crippen molar-refractivity contribution in [2.45, 2.75) is 48.3 Å². The van der Waals surface area contributed by atoms with Crippen LogP contribution in [0.1, 0.15) is 0 Å². The first-order valence-electron chi connectivity index (χ1n) is 5.81. The van der Waals surface area contributed by atoms with Gasteiger partial charge in [0.1, 0.15) is 0 Å². The Labute approximate surface area is 144 Å². The molecule has 1 N–H and O–H groups in total. The van der Waals surface area contributed by atoms with E-state index in [4.69, 9.17) is 5.11 Å². The predicted octanol–water partition coefficient (Wildman–Crippen LogP) is 5.79. The lowest BCUT2D eigenvalue weighted by Gasteiger charge is -2.50. The number of hydrogen-bond donors (Lipinski definition) is 1. The van der Waals surface area contributed by atoms with Gasteiger partial charge in [-0.05, 0) is 0 Å². The third-order valence-corrected chi connectivity index (χ3v) is 3.38. The maximum atomic E-state index is 13.7. The second kappa shape index (κ2) is 6.32. The quantitative estimate of drug-likeness (QED) is 0.500. The van der Waals surface area contributed by atoms with Crippen LogP contribution in [0, 0.1) is 5.41 Å². The molecule has 1 unspecified atom stereocenters. The molecule has 0 aliphatic heterocycles. The highest BCUT2D eigenvalue weighted by molar-refractivity contribution is 5.22. The highest BCUT2D eigenvalue weighted by Gasteiger charge is 3.03. The van der Waals surface area contributed by atoms with Crippen molar-refractivity contribution < 1.29 is 88.5 Å². The summed E-state index contributed by atoms with van der Waals surface area (Å²) in [5, 5.41) is 7.48. The van der Waals surface area contributed by atoms with Crippen LogP contribution in [-0.4, -0.2) is 53.4 Å². The summed E-state index contributed by atoms with van der Waals surface area (Å²) in [6, 6.07) is 0. The van der Waals surface area contributed by atoms with Gasteiger partial charge in [0, 0.05) is 0 Å². The molecule has 0 saturated heterocycles. The second-order valence-electron chi connectivity index (χ2n) is 5.09. The van der Waals surface area contributed by atoms with Crippen molar-refractivity contribution in [1.29, 1.82) is 0 Å². The van der Waals surface area contributed by atoms with Gasteiger partial charge in [-0.2, -0.15) is 70.2 Å². The molecule has 0 aromatic rings. The summed E-state index contributed by atoms with van der Waals surface area (Å²) in [5.41, 5.74) is -18.5.